The van der Waals surface area contributed by atoms with Crippen molar-refractivity contribution in [3.63, 3.8) is 0 Å². The van der Waals surface area contributed by atoms with Gasteiger partial charge in [0.2, 0.25) is 5.78 Å². The molecule has 1 aliphatic rings. The molecule has 4 aromatic rings. The van der Waals surface area contributed by atoms with Crippen molar-refractivity contribution >= 4 is 17.2 Å². The third-order valence-corrected chi connectivity index (χ3v) is 5.92. The Hall–Kier alpha value is -4.07. The molecule has 1 saturated heterocycles. The van der Waals surface area contributed by atoms with E-state index < -0.39 is 0 Å². The minimum absolute atomic E-state index is 0.0650. The minimum Gasteiger partial charge on any atom is -0.383 e. The highest BCUT2D eigenvalue weighted by molar-refractivity contribution is 6.03. The van der Waals surface area contributed by atoms with Crippen LogP contribution in [0.1, 0.15) is 34.9 Å². The molecule has 4 heterocycles. The molecule has 1 atom stereocenters. The number of imidazole rings is 1. The van der Waals surface area contributed by atoms with E-state index >= 15 is 0 Å². The highest BCUT2D eigenvalue weighted by Crippen LogP contribution is 2.35. The normalized spacial score (nSPS) is 16.0. The van der Waals surface area contributed by atoms with Gasteiger partial charge in [-0.15, -0.1) is 5.10 Å². The molecule has 0 amide bonds. The lowest BCUT2D eigenvalue weighted by molar-refractivity contribution is 0.104. The van der Waals surface area contributed by atoms with E-state index in [4.69, 9.17) is 5.10 Å². The second kappa shape index (κ2) is 9.05. The number of rotatable bonds is 6. The van der Waals surface area contributed by atoms with Gasteiger partial charge in [0.15, 0.2) is 5.65 Å². The molecule has 0 aliphatic carbocycles. The monoisotopic (exact) mass is 456 g/mol. The average Bonchev–Trinajstić information content (AvgIpc) is 3.49. The van der Waals surface area contributed by atoms with Gasteiger partial charge in [0.1, 0.15) is 23.0 Å². The largest absolute Gasteiger partial charge is 0.383 e. The smallest absolute Gasteiger partial charge is 0.205 e. The van der Waals surface area contributed by atoms with Crippen LogP contribution in [0.3, 0.4) is 0 Å². The number of ketones is 1. The van der Waals surface area contributed by atoms with Crippen LogP contribution in [0.15, 0.2) is 73.1 Å². The molecule has 1 unspecified atom stereocenters. The topological polar surface area (TPSA) is 66.6 Å². The van der Waals surface area contributed by atoms with Crippen molar-refractivity contribution in [2.45, 2.75) is 18.9 Å². The zero-order valence-electron chi connectivity index (χ0n) is 19.1. The highest BCUT2D eigenvalue weighted by Gasteiger charge is 2.28. The summed E-state index contributed by atoms with van der Waals surface area (Å²) in [5, 5.41) is 4.87. The van der Waals surface area contributed by atoms with Gasteiger partial charge in [0, 0.05) is 32.9 Å². The Bertz CT molecular complexity index is 1380. The van der Waals surface area contributed by atoms with Crippen LogP contribution in [-0.2, 0) is 0 Å². The molecule has 8 heteroatoms. The van der Waals surface area contributed by atoms with Gasteiger partial charge in [-0.3, -0.25) is 4.79 Å². The molecule has 172 valence electrons. The SMILES string of the molecule is CN(C)/C=C/C(=O)c1cccc(-c2cnc3ccc(N4CCCC4c4cccc(F)c4)nn23)n1. The van der Waals surface area contributed by atoms with Crippen molar-refractivity contribution in [2.75, 3.05) is 25.5 Å². The van der Waals surface area contributed by atoms with E-state index in [1.807, 2.05) is 44.4 Å². The van der Waals surface area contributed by atoms with Crippen molar-refractivity contribution in [1.29, 1.82) is 0 Å². The highest BCUT2D eigenvalue weighted by atomic mass is 19.1. The van der Waals surface area contributed by atoms with Gasteiger partial charge in [0.05, 0.1) is 17.9 Å². The predicted molar refractivity (Wildman–Crippen MR) is 129 cm³/mol. The average molecular weight is 457 g/mol. The lowest BCUT2D eigenvalue weighted by atomic mass is 10.0. The van der Waals surface area contributed by atoms with Crippen molar-refractivity contribution in [3.05, 3.63) is 90.1 Å². The molecular weight excluding hydrogens is 431 g/mol. The van der Waals surface area contributed by atoms with Crippen LogP contribution in [0.25, 0.3) is 17.0 Å². The molecule has 0 bridgehead atoms. The Morgan fingerprint density at radius 3 is 2.82 bits per heavy atom. The molecule has 0 radical (unpaired) electrons. The van der Waals surface area contributed by atoms with E-state index in [0.29, 0.717) is 22.7 Å². The van der Waals surface area contributed by atoms with Crippen LogP contribution in [0, 0.1) is 5.82 Å². The number of carbonyl (C=O) groups excluding carboxylic acids is 1. The zero-order valence-corrected chi connectivity index (χ0v) is 19.1. The molecule has 0 N–H and O–H groups in total. The minimum atomic E-state index is -0.231. The summed E-state index contributed by atoms with van der Waals surface area (Å²) >= 11 is 0. The molecule has 1 fully saturated rings. The molecule has 1 aromatic carbocycles. The predicted octanol–water partition coefficient (Wildman–Crippen LogP) is 4.53. The number of hydrogen-bond donors (Lipinski definition) is 0. The van der Waals surface area contributed by atoms with Crippen LogP contribution < -0.4 is 4.90 Å². The molecule has 7 nitrogen and oxygen atoms in total. The van der Waals surface area contributed by atoms with E-state index in [1.165, 1.54) is 12.1 Å². The molecular formula is C26H25FN6O. The fourth-order valence-corrected chi connectivity index (χ4v) is 4.31. The van der Waals surface area contributed by atoms with Crippen LogP contribution in [0.5, 0.6) is 0 Å². The summed E-state index contributed by atoms with van der Waals surface area (Å²) in [4.78, 5) is 25.6. The number of aromatic nitrogens is 4. The summed E-state index contributed by atoms with van der Waals surface area (Å²) in [5.74, 6) is 0.387. The van der Waals surface area contributed by atoms with Gasteiger partial charge in [0.25, 0.3) is 0 Å². The molecule has 1 aliphatic heterocycles. The van der Waals surface area contributed by atoms with Crippen molar-refractivity contribution in [1.82, 2.24) is 24.5 Å². The number of pyridine rings is 1. The number of halogens is 1. The van der Waals surface area contributed by atoms with Crippen LogP contribution >= 0.6 is 0 Å². The van der Waals surface area contributed by atoms with E-state index in [-0.39, 0.29) is 17.6 Å². The summed E-state index contributed by atoms with van der Waals surface area (Å²) in [6.45, 7) is 0.837. The van der Waals surface area contributed by atoms with E-state index in [9.17, 15) is 9.18 Å². The second-order valence-corrected chi connectivity index (χ2v) is 8.56. The summed E-state index contributed by atoms with van der Waals surface area (Å²) in [6, 6.07) is 16.1. The number of benzene rings is 1. The summed E-state index contributed by atoms with van der Waals surface area (Å²) in [7, 11) is 3.71. The first kappa shape index (κ1) is 21.8. The maximum Gasteiger partial charge on any atom is 0.205 e. The number of hydrogen-bond acceptors (Lipinski definition) is 6. The third kappa shape index (κ3) is 4.26. The maximum absolute atomic E-state index is 13.9. The first-order valence-corrected chi connectivity index (χ1v) is 11.2. The van der Waals surface area contributed by atoms with Crippen molar-refractivity contribution < 1.29 is 9.18 Å². The lowest BCUT2D eigenvalue weighted by Crippen LogP contribution is -2.24. The van der Waals surface area contributed by atoms with E-state index in [1.54, 1.807) is 40.0 Å². The first-order chi connectivity index (χ1) is 16.5. The molecule has 0 saturated carbocycles. The van der Waals surface area contributed by atoms with Crippen LogP contribution in [-0.4, -0.2) is 50.9 Å². The summed E-state index contributed by atoms with van der Waals surface area (Å²) in [6.07, 6.45) is 6.85. The number of carbonyl (C=O) groups is 1. The van der Waals surface area contributed by atoms with E-state index in [0.717, 1.165) is 30.8 Å². The Balaban J connectivity index is 1.50. The summed E-state index contributed by atoms with van der Waals surface area (Å²) in [5.41, 5.74) is 3.30. The molecule has 5 rings (SSSR count). The quantitative estimate of drug-likeness (QED) is 0.314. The van der Waals surface area contributed by atoms with Crippen molar-refractivity contribution in [3.8, 4) is 11.4 Å². The van der Waals surface area contributed by atoms with Crippen LogP contribution in [0.2, 0.25) is 0 Å². The Labute approximate surface area is 197 Å². The summed E-state index contributed by atoms with van der Waals surface area (Å²) < 4.78 is 15.6. The number of allylic oxidation sites excluding steroid dienone is 1. The lowest BCUT2D eigenvalue weighted by Gasteiger charge is -2.26. The Morgan fingerprint density at radius 2 is 2.00 bits per heavy atom. The van der Waals surface area contributed by atoms with E-state index in [2.05, 4.69) is 14.9 Å². The van der Waals surface area contributed by atoms with Gasteiger partial charge >= 0.3 is 0 Å². The van der Waals surface area contributed by atoms with Gasteiger partial charge < -0.3 is 9.80 Å². The Morgan fingerprint density at radius 1 is 1.15 bits per heavy atom. The van der Waals surface area contributed by atoms with Gasteiger partial charge in [-0.1, -0.05) is 18.2 Å². The number of anilines is 1. The second-order valence-electron chi connectivity index (χ2n) is 8.56. The third-order valence-electron chi connectivity index (χ3n) is 5.92. The fraction of sp³-hybridized carbons (Fsp3) is 0.231. The Kier molecular flexibility index (Phi) is 5.79. The standard InChI is InChI=1S/C26H25FN6O/c1-31(2)15-13-24(34)21-9-4-8-20(29-21)23-17-28-25-11-12-26(30-33(23)25)32-14-5-10-22(32)18-6-3-7-19(27)16-18/h3-4,6-9,11-13,15-17,22H,5,10,14H2,1-2H3/b15-13+. The zero-order chi connectivity index (χ0) is 23.7. The maximum atomic E-state index is 13.9. The van der Waals surface area contributed by atoms with Gasteiger partial charge in [-0.25, -0.2) is 18.9 Å². The number of fused-ring (bicyclic) bond motifs is 1. The fourth-order valence-electron chi connectivity index (χ4n) is 4.31. The number of nitrogens with zero attached hydrogens (tertiary/aromatic N) is 6. The molecule has 0 spiro atoms. The first-order valence-electron chi connectivity index (χ1n) is 11.2. The van der Waals surface area contributed by atoms with Crippen molar-refractivity contribution in [2.24, 2.45) is 0 Å². The molecule has 34 heavy (non-hydrogen) atoms. The van der Waals surface area contributed by atoms with Crippen LogP contribution in [0.4, 0.5) is 10.2 Å². The van der Waals surface area contributed by atoms with Gasteiger partial charge in [-0.2, -0.15) is 0 Å². The molecule has 3 aromatic heterocycles. The van der Waals surface area contributed by atoms with Gasteiger partial charge in [-0.05, 0) is 54.8 Å².